The third-order valence-corrected chi connectivity index (χ3v) is 2.16. The number of aryl methyl sites for hydroxylation is 1. The van der Waals surface area contributed by atoms with Crippen LogP contribution in [-0.4, -0.2) is 18.9 Å². The fourth-order valence-corrected chi connectivity index (χ4v) is 1.39. The Hall–Kier alpha value is -2.23. The van der Waals surface area contributed by atoms with E-state index in [0.29, 0.717) is 0 Å². The van der Waals surface area contributed by atoms with Crippen LogP contribution in [-0.2, 0) is 4.74 Å². The van der Waals surface area contributed by atoms with Gasteiger partial charge in [0.15, 0.2) is 0 Å². The number of ether oxygens (including phenoxy) is 2. The second-order valence-electron chi connectivity index (χ2n) is 3.54. The average Bonchev–Trinajstić information content (AvgIpc) is 2.29. The summed E-state index contributed by atoms with van der Waals surface area (Å²) in [6.07, 6.45) is -4.86. The number of carbonyl (C=O) groups excluding carboxylic acids is 1. The molecule has 0 heterocycles. The highest BCUT2D eigenvalue weighted by Crippen LogP contribution is 2.29. The van der Waals surface area contributed by atoms with Crippen LogP contribution in [0.3, 0.4) is 0 Å². The van der Waals surface area contributed by atoms with Crippen molar-refractivity contribution < 1.29 is 27.4 Å². The molecule has 0 amide bonds. The van der Waals surface area contributed by atoms with Crippen LogP contribution in [0.4, 0.5) is 13.2 Å². The number of hydrogen-bond acceptors (Lipinski definition) is 4. The Labute approximate surface area is 107 Å². The van der Waals surface area contributed by atoms with Gasteiger partial charge >= 0.3 is 12.3 Å². The molecule has 0 saturated carbocycles. The van der Waals surface area contributed by atoms with Crippen LogP contribution in [0, 0.1) is 18.3 Å². The van der Waals surface area contributed by atoms with E-state index in [-0.39, 0.29) is 23.3 Å². The zero-order valence-corrected chi connectivity index (χ0v) is 10.2. The first-order valence-electron chi connectivity index (χ1n) is 5.26. The number of hydrogen-bond donors (Lipinski definition) is 0. The normalized spacial score (nSPS) is 10.7. The van der Waals surface area contributed by atoms with Gasteiger partial charge in [-0.25, -0.2) is 4.79 Å². The molecule has 1 rings (SSSR count). The molecule has 4 nitrogen and oxygen atoms in total. The Morgan fingerprint density at radius 2 is 2.05 bits per heavy atom. The average molecular weight is 273 g/mol. The SMILES string of the molecule is CCOC(=O)c1cc(C)c(OC(F)(F)F)cc1C#N. The van der Waals surface area contributed by atoms with Gasteiger partial charge in [0.2, 0.25) is 0 Å². The zero-order chi connectivity index (χ0) is 14.6. The minimum absolute atomic E-state index is 0.0828. The van der Waals surface area contributed by atoms with Crippen LogP contribution in [0.1, 0.15) is 28.4 Å². The predicted molar refractivity (Wildman–Crippen MR) is 58.5 cm³/mol. The van der Waals surface area contributed by atoms with Crippen LogP contribution in [0.15, 0.2) is 12.1 Å². The van der Waals surface area contributed by atoms with E-state index >= 15 is 0 Å². The van der Waals surface area contributed by atoms with E-state index in [1.54, 1.807) is 13.0 Å². The Kier molecular flexibility index (Phi) is 4.38. The van der Waals surface area contributed by atoms with Gasteiger partial charge in [-0.1, -0.05) is 0 Å². The first kappa shape index (κ1) is 14.8. The van der Waals surface area contributed by atoms with Crippen molar-refractivity contribution in [1.82, 2.24) is 0 Å². The number of rotatable bonds is 3. The smallest absolute Gasteiger partial charge is 0.462 e. The van der Waals surface area contributed by atoms with E-state index in [2.05, 4.69) is 4.74 Å². The van der Waals surface area contributed by atoms with Gasteiger partial charge in [-0.05, 0) is 31.5 Å². The van der Waals surface area contributed by atoms with Crippen LogP contribution < -0.4 is 4.74 Å². The molecule has 19 heavy (non-hydrogen) atoms. The number of carbonyl (C=O) groups is 1. The molecule has 0 aliphatic heterocycles. The number of esters is 1. The molecule has 0 bridgehead atoms. The highest BCUT2D eigenvalue weighted by atomic mass is 19.4. The topological polar surface area (TPSA) is 59.3 Å². The summed E-state index contributed by atoms with van der Waals surface area (Å²) in [6, 6.07) is 3.65. The van der Waals surface area contributed by atoms with Gasteiger partial charge in [-0.15, -0.1) is 13.2 Å². The molecule has 0 aliphatic rings. The Morgan fingerprint density at radius 1 is 1.42 bits per heavy atom. The van der Waals surface area contributed by atoms with Gasteiger partial charge in [-0.2, -0.15) is 5.26 Å². The minimum Gasteiger partial charge on any atom is -0.462 e. The summed E-state index contributed by atoms with van der Waals surface area (Å²) in [6.45, 7) is 3.02. The first-order chi connectivity index (χ1) is 8.78. The molecule has 0 aliphatic carbocycles. The third kappa shape index (κ3) is 3.88. The van der Waals surface area contributed by atoms with E-state index in [4.69, 9.17) is 10.00 Å². The number of benzene rings is 1. The number of halogens is 3. The molecule has 0 unspecified atom stereocenters. The molecule has 0 saturated heterocycles. The van der Waals surface area contributed by atoms with E-state index in [1.807, 2.05) is 0 Å². The van der Waals surface area contributed by atoms with Crippen LogP contribution >= 0.6 is 0 Å². The van der Waals surface area contributed by atoms with Crippen molar-refractivity contribution in [1.29, 1.82) is 5.26 Å². The van der Waals surface area contributed by atoms with Crippen LogP contribution in [0.25, 0.3) is 0 Å². The lowest BCUT2D eigenvalue weighted by atomic mass is 10.0. The van der Waals surface area contributed by atoms with Gasteiger partial charge in [0.25, 0.3) is 0 Å². The van der Waals surface area contributed by atoms with Crippen LogP contribution in [0.5, 0.6) is 5.75 Å². The Balaban J connectivity index is 3.22. The fraction of sp³-hybridized carbons (Fsp3) is 0.333. The Bertz CT molecular complexity index is 532. The molecular formula is C12H10F3NO3. The predicted octanol–water partition coefficient (Wildman–Crippen LogP) is 2.94. The summed E-state index contributed by atoms with van der Waals surface area (Å²) < 4.78 is 44.9. The second kappa shape index (κ2) is 5.61. The summed E-state index contributed by atoms with van der Waals surface area (Å²) in [7, 11) is 0. The lowest BCUT2D eigenvalue weighted by Crippen LogP contribution is -2.18. The maximum Gasteiger partial charge on any atom is 0.573 e. The van der Waals surface area contributed by atoms with Crippen molar-refractivity contribution in [2.45, 2.75) is 20.2 Å². The van der Waals surface area contributed by atoms with Crippen molar-refractivity contribution in [2.75, 3.05) is 6.61 Å². The van der Waals surface area contributed by atoms with E-state index in [1.165, 1.54) is 6.92 Å². The number of nitrogens with zero attached hydrogens (tertiary/aromatic N) is 1. The molecule has 0 N–H and O–H groups in total. The second-order valence-corrected chi connectivity index (χ2v) is 3.54. The molecule has 7 heteroatoms. The van der Waals surface area contributed by atoms with Gasteiger partial charge < -0.3 is 9.47 Å². The monoisotopic (exact) mass is 273 g/mol. The summed E-state index contributed by atoms with van der Waals surface area (Å²) >= 11 is 0. The van der Waals surface area contributed by atoms with Gasteiger partial charge in [0.05, 0.1) is 17.7 Å². The van der Waals surface area contributed by atoms with Crippen molar-refractivity contribution in [3.8, 4) is 11.8 Å². The van der Waals surface area contributed by atoms with Crippen molar-refractivity contribution in [3.05, 3.63) is 28.8 Å². The lowest BCUT2D eigenvalue weighted by Gasteiger charge is -2.13. The molecule has 1 aromatic rings. The fourth-order valence-electron chi connectivity index (χ4n) is 1.39. The maximum atomic E-state index is 12.1. The number of alkyl halides is 3. The molecular weight excluding hydrogens is 263 g/mol. The number of nitriles is 1. The molecule has 1 aromatic carbocycles. The zero-order valence-electron chi connectivity index (χ0n) is 10.2. The molecule has 0 atom stereocenters. The molecule has 102 valence electrons. The van der Waals surface area contributed by atoms with Crippen molar-refractivity contribution in [3.63, 3.8) is 0 Å². The maximum absolute atomic E-state index is 12.1. The highest BCUT2D eigenvalue weighted by Gasteiger charge is 2.32. The highest BCUT2D eigenvalue weighted by molar-refractivity contribution is 5.92. The lowest BCUT2D eigenvalue weighted by molar-refractivity contribution is -0.274. The molecule has 0 spiro atoms. The Morgan fingerprint density at radius 3 is 2.53 bits per heavy atom. The molecule has 0 radical (unpaired) electrons. The van der Waals surface area contributed by atoms with Gasteiger partial charge in [0, 0.05) is 0 Å². The standard InChI is InChI=1S/C12H10F3NO3/c1-3-18-11(17)9-4-7(2)10(5-8(9)6-16)19-12(13,14)15/h4-5H,3H2,1-2H3. The van der Waals surface area contributed by atoms with Crippen LogP contribution in [0.2, 0.25) is 0 Å². The van der Waals surface area contributed by atoms with Gasteiger partial charge in [-0.3, -0.25) is 0 Å². The first-order valence-corrected chi connectivity index (χ1v) is 5.26. The van der Waals surface area contributed by atoms with Crippen molar-refractivity contribution >= 4 is 5.97 Å². The van der Waals surface area contributed by atoms with E-state index in [0.717, 1.165) is 12.1 Å². The quantitative estimate of drug-likeness (QED) is 0.794. The summed E-state index contributed by atoms with van der Waals surface area (Å²) in [5.74, 6) is -1.28. The van der Waals surface area contributed by atoms with E-state index in [9.17, 15) is 18.0 Å². The van der Waals surface area contributed by atoms with Gasteiger partial charge in [0.1, 0.15) is 11.8 Å². The summed E-state index contributed by atoms with van der Waals surface area (Å²) in [4.78, 5) is 11.5. The molecule has 0 fully saturated rings. The largest absolute Gasteiger partial charge is 0.573 e. The summed E-state index contributed by atoms with van der Waals surface area (Å²) in [5.41, 5.74) is -0.237. The molecule has 0 aromatic heterocycles. The van der Waals surface area contributed by atoms with E-state index < -0.39 is 18.1 Å². The summed E-state index contributed by atoms with van der Waals surface area (Å²) in [5, 5.41) is 8.85. The van der Waals surface area contributed by atoms with Crippen molar-refractivity contribution in [2.24, 2.45) is 0 Å². The third-order valence-electron chi connectivity index (χ3n) is 2.16. The minimum atomic E-state index is -4.86.